The van der Waals surface area contributed by atoms with Crippen LogP contribution in [0.15, 0.2) is 6.33 Å². The van der Waals surface area contributed by atoms with Crippen molar-refractivity contribution in [3.8, 4) is 6.07 Å². The molecule has 6 nitrogen and oxygen atoms in total. The van der Waals surface area contributed by atoms with Crippen molar-refractivity contribution in [2.75, 3.05) is 0 Å². The summed E-state index contributed by atoms with van der Waals surface area (Å²) >= 11 is 0. The zero-order valence-electron chi connectivity index (χ0n) is 8.98. The average Bonchev–Trinajstić information content (AvgIpc) is 2.48. The standard InChI is InChI=1S/C9H13N5O/c1-9(2,3)12-8(15)5-14-6-11-7(4-10)13-14/h6H,5H2,1-3H3,(H,12,15). The molecular weight excluding hydrogens is 194 g/mol. The maximum absolute atomic E-state index is 11.4. The summed E-state index contributed by atoms with van der Waals surface area (Å²) in [5.41, 5.74) is -0.268. The van der Waals surface area contributed by atoms with E-state index in [0.29, 0.717) is 0 Å². The minimum atomic E-state index is -0.268. The molecule has 1 heterocycles. The second kappa shape index (κ2) is 4.09. The Kier molecular flexibility index (Phi) is 3.04. The van der Waals surface area contributed by atoms with Gasteiger partial charge in [-0.2, -0.15) is 5.26 Å². The zero-order valence-corrected chi connectivity index (χ0v) is 8.98. The highest BCUT2D eigenvalue weighted by molar-refractivity contribution is 5.76. The first-order chi connectivity index (χ1) is 6.90. The molecule has 15 heavy (non-hydrogen) atoms. The Morgan fingerprint density at radius 3 is 2.80 bits per heavy atom. The normalized spacial score (nSPS) is 10.8. The lowest BCUT2D eigenvalue weighted by Crippen LogP contribution is -2.42. The molecule has 0 aliphatic heterocycles. The molecule has 0 saturated heterocycles. The first kappa shape index (κ1) is 11.2. The second-order valence-corrected chi connectivity index (χ2v) is 4.18. The number of nitriles is 1. The van der Waals surface area contributed by atoms with Crippen LogP contribution < -0.4 is 5.32 Å². The van der Waals surface area contributed by atoms with Gasteiger partial charge in [-0.1, -0.05) is 0 Å². The van der Waals surface area contributed by atoms with E-state index < -0.39 is 0 Å². The summed E-state index contributed by atoms with van der Waals surface area (Å²) in [6, 6.07) is 1.79. The molecule has 1 rings (SSSR count). The van der Waals surface area contributed by atoms with Crippen molar-refractivity contribution >= 4 is 5.91 Å². The zero-order chi connectivity index (χ0) is 11.5. The van der Waals surface area contributed by atoms with Gasteiger partial charge in [0.2, 0.25) is 5.91 Å². The summed E-state index contributed by atoms with van der Waals surface area (Å²) in [5, 5.41) is 15.0. The smallest absolute Gasteiger partial charge is 0.252 e. The molecule has 0 aliphatic carbocycles. The number of nitrogens with zero attached hydrogens (tertiary/aromatic N) is 4. The Balaban J connectivity index is 2.56. The van der Waals surface area contributed by atoms with Crippen molar-refractivity contribution in [2.24, 2.45) is 0 Å². The van der Waals surface area contributed by atoms with E-state index in [1.54, 1.807) is 6.07 Å². The van der Waals surface area contributed by atoms with Crippen molar-refractivity contribution < 1.29 is 4.79 Å². The van der Waals surface area contributed by atoms with Crippen molar-refractivity contribution in [3.63, 3.8) is 0 Å². The van der Waals surface area contributed by atoms with E-state index in [0.717, 1.165) is 0 Å². The van der Waals surface area contributed by atoms with Crippen LogP contribution in [0.5, 0.6) is 0 Å². The van der Waals surface area contributed by atoms with Gasteiger partial charge in [0.05, 0.1) is 0 Å². The first-order valence-corrected chi connectivity index (χ1v) is 4.51. The van der Waals surface area contributed by atoms with Crippen LogP contribution in [-0.2, 0) is 11.3 Å². The Morgan fingerprint density at radius 1 is 1.67 bits per heavy atom. The highest BCUT2D eigenvalue weighted by Gasteiger charge is 2.14. The molecule has 80 valence electrons. The van der Waals surface area contributed by atoms with E-state index in [2.05, 4.69) is 15.4 Å². The topological polar surface area (TPSA) is 83.6 Å². The number of rotatable bonds is 2. The van der Waals surface area contributed by atoms with Gasteiger partial charge in [0.15, 0.2) is 0 Å². The molecule has 0 atom stereocenters. The summed E-state index contributed by atoms with van der Waals surface area (Å²) in [6.07, 6.45) is 1.36. The van der Waals surface area contributed by atoms with Crippen LogP contribution in [0.4, 0.5) is 0 Å². The van der Waals surface area contributed by atoms with Crippen LogP contribution in [0.3, 0.4) is 0 Å². The lowest BCUT2D eigenvalue weighted by Gasteiger charge is -2.20. The molecule has 0 fully saturated rings. The van der Waals surface area contributed by atoms with Gasteiger partial charge in [-0.25, -0.2) is 9.67 Å². The number of nitrogens with one attached hydrogen (secondary N) is 1. The number of carbonyl (C=O) groups is 1. The maximum atomic E-state index is 11.4. The predicted octanol–water partition coefficient (Wildman–Crippen LogP) is 0.0645. The molecule has 0 bridgehead atoms. The molecule has 1 amide bonds. The van der Waals surface area contributed by atoms with E-state index in [1.807, 2.05) is 20.8 Å². The van der Waals surface area contributed by atoms with E-state index in [9.17, 15) is 4.79 Å². The van der Waals surface area contributed by atoms with Gasteiger partial charge < -0.3 is 5.32 Å². The number of hydrogen-bond acceptors (Lipinski definition) is 4. The van der Waals surface area contributed by atoms with Crippen LogP contribution >= 0.6 is 0 Å². The van der Waals surface area contributed by atoms with E-state index in [4.69, 9.17) is 5.26 Å². The predicted molar refractivity (Wildman–Crippen MR) is 52.6 cm³/mol. The van der Waals surface area contributed by atoms with Gasteiger partial charge in [0, 0.05) is 5.54 Å². The van der Waals surface area contributed by atoms with Crippen LogP contribution in [0.25, 0.3) is 0 Å². The molecule has 0 unspecified atom stereocenters. The highest BCUT2D eigenvalue weighted by Crippen LogP contribution is 1.98. The summed E-state index contributed by atoms with van der Waals surface area (Å²) in [6.45, 7) is 5.76. The summed E-state index contributed by atoms with van der Waals surface area (Å²) < 4.78 is 1.33. The Morgan fingerprint density at radius 2 is 2.33 bits per heavy atom. The Labute approximate surface area is 87.9 Å². The molecule has 1 aromatic rings. The van der Waals surface area contributed by atoms with Gasteiger partial charge in [-0.15, -0.1) is 5.10 Å². The quantitative estimate of drug-likeness (QED) is 0.743. The third kappa shape index (κ3) is 3.77. The molecule has 0 radical (unpaired) electrons. The van der Waals surface area contributed by atoms with Crippen molar-refractivity contribution in [2.45, 2.75) is 32.9 Å². The van der Waals surface area contributed by atoms with E-state index in [-0.39, 0.29) is 23.8 Å². The lowest BCUT2D eigenvalue weighted by atomic mass is 10.1. The third-order valence-corrected chi connectivity index (χ3v) is 1.46. The molecule has 1 aromatic heterocycles. The molecule has 6 heteroatoms. The van der Waals surface area contributed by atoms with E-state index in [1.165, 1.54) is 11.0 Å². The fourth-order valence-electron chi connectivity index (χ4n) is 1.03. The molecular formula is C9H13N5O. The summed E-state index contributed by atoms with van der Waals surface area (Å²) in [4.78, 5) is 15.1. The lowest BCUT2D eigenvalue weighted by molar-refractivity contribution is -0.123. The van der Waals surface area contributed by atoms with Crippen molar-refractivity contribution in [1.82, 2.24) is 20.1 Å². The summed E-state index contributed by atoms with van der Waals surface area (Å²) in [5.74, 6) is -0.0875. The fourth-order valence-corrected chi connectivity index (χ4v) is 1.03. The minimum absolute atomic E-state index is 0.0681. The molecule has 0 spiro atoms. The number of hydrogen-bond donors (Lipinski definition) is 1. The van der Waals surface area contributed by atoms with Crippen molar-refractivity contribution in [3.05, 3.63) is 12.2 Å². The molecule has 0 saturated carbocycles. The summed E-state index contributed by atoms with van der Waals surface area (Å²) in [7, 11) is 0. The van der Waals surface area contributed by atoms with Crippen LogP contribution in [-0.4, -0.2) is 26.2 Å². The van der Waals surface area contributed by atoms with Crippen molar-refractivity contribution in [1.29, 1.82) is 5.26 Å². The van der Waals surface area contributed by atoms with Gasteiger partial charge in [-0.3, -0.25) is 4.79 Å². The van der Waals surface area contributed by atoms with Gasteiger partial charge in [-0.05, 0) is 20.8 Å². The SMILES string of the molecule is CC(C)(C)NC(=O)Cn1cnc(C#N)n1. The number of aromatic nitrogens is 3. The third-order valence-electron chi connectivity index (χ3n) is 1.46. The first-order valence-electron chi connectivity index (χ1n) is 4.51. The monoisotopic (exact) mass is 207 g/mol. The molecule has 0 aliphatic rings. The Hall–Kier alpha value is -1.90. The Bertz CT molecular complexity index is 395. The maximum Gasteiger partial charge on any atom is 0.252 e. The van der Waals surface area contributed by atoms with Crippen LogP contribution in [0.1, 0.15) is 26.6 Å². The highest BCUT2D eigenvalue weighted by atomic mass is 16.2. The van der Waals surface area contributed by atoms with Gasteiger partial charge in [0.25, 0.3) is 5.82 Å². The molecule has 1 N–H and O–H groups in total. The fraction of sp³-hybridized carbons (Fsp3) is 0.556. The second-order valence-electron chi connectivity index (χ2n) is 4.18. The van der Waals surface area contributed by atoms with E-state index >= 15 is 0 Å². The van der Waals surface area contributed by atoms with Gasteiger partial charge in [0.1, 0.15) is 18.9 Å². The molecule has 0 aromatic carbocycles. The number of carbonyl (C=O) groups excluding carboxylic acids is 1. The minimum Gasteiger partial charge on any atom is -0.350 e. The largest absolute Gasteiger partial charge is 0.350 e. The van der Waals surface area contributed by atoms with Crippen LogP contribution in [0, 0.1) is 11.3 Å². The van der Waals surface area contributed by atoms with Gasteiger partial charge >= 0.3 is 0 Å². The van der Waals surface area contributed by atoms with Crippen LogP contribution in [0.2, 0.25) is 0 Å². The number of amides is 1. The average molecular weight is 207 g/mol.